The number of benzene rings is 1. The topological polar surface area (TPSA) is 71.8 Å². The van der Waals surface area contributed by atoms with Crippen LogP contribution in [-0.4, -0.2) is 28.1 Å². The molecular formula is C18H19NO4. The lowest BCUT2D eigenvalue weighted by Gasteiger charge is -2.14. The van der Waals surface area contributed by atoms with Crippen LogP contribution in [-0.2, 0) is 9.47 Å². The summed E-state index contributed by atoms with van der Waals surface area (Å²) in [6, 6.07) is 8.62. The molecule has 2 N–H and O–H groups in total. The fourth-order valence-corrected chi connectivity index (χ4v) is 2.54. The number of hydrogen-bond donors (Lipinski definition) is 2. The van der Waals surface area contributed by atoms with Crippen LogP contribution in [0.4, 0.5) is 0 Å². The number of hydrogen-bond acceptors (Lipinski definition) is 5. The van der Waals surface area contributed by atoms with E-state index >= 15 is 0 Å². The quantitative estimate of drug-likeness (QED) is 0.828. The van der Waals surface area contributed by atoms with E-state index in [-0.39, 0.29) is 23.9 Å². The maximum absolute atomic E-state index is 9.56. The smallest absolute Gasteiger partial charge is 0.158 e. The van der Waals surface area contributed by atoms with E-state index in [1.165, 1.54) is 12.1 Å². The Kier molecular flexibility index (Phi) is 4.90. The molecule has 0 spiro atoms. The van der Waals surface area contributed by atoms with E-state index in [9.17, 15) is 10.2 Å². The predicted octanol–water partition coefficient (Wildman–Crippen LogP) is 3.40. The molecule has 0 aliphatic carbocycles. The number of aromatic hydroxyl groups is 2. The Morgan fingerprint density at radius 3 is 2.91 bits per heavy atom. The standard InChI is InChI=1S/C18H19NO4/c20-15-6-5-14(11-16(15)21)17-7-8-18(23-17)22-10-2-4-13-3-1-9-19-12-13/h1-6,9,11-12,17-18,20-21H,7-8,10H2/b4-2+. The van der Waals surface area contributed by atoms with Gasteiger partial charge in [-0.2, -0.15) is 0 Å². The molecular weight excluding hydrogens is 294 g/mol. The molecule has 0 amide bonds. The van der Waals surface area contributed by atoms with Crippen LogP contribution in [0.3, 0.4) is 0 Å². The molecule has 2 unspecified atom stereocenters. The van der Waals surface area contributed by atoms with E-state index in [0.717, 1.165) is 24.0 Å². The van der Waals surface area contributed by atoms with Crippen LogP contribution >= 0.6 is 0 Å². The van der Waals surface area contributed by atoms with Gasteiger partial charge >= 0.3 is 0 Å². The SMILES string of the molecule is Oc1ccc(C2CCC(OC/C=C/c3cccnc3)O2)cc1O. The Morgan fingerprint density at radius 2 is 2.13 bits per heavy atom. The van der Waals surface area contributed by atoms with Gasteiger partial charge < -0.3 is 19.7 Å². The summed E-state index contributed by atoms with van der Waals surface area (Å²) >= 11 is 0. The number of phenolic OH excluding ortho intramolecular Hbond substituents is 2. The minimum atomic E-state index is -0.255. The highest BCUT2D eigenvalue weighted by atomic mass is 16.7. The van der Waals surface area contributed by atoms with Crippen LogP contribution in [0.1, 0.15) is 30.1 Å². The van der Waals surface area contributed by atoms with E-state index in [0.29, 0.717) is 6.61 Å². The van der Waals surface area contributed by atoms with Crippen LogP contribution in [0, 0.1) is 0 Å². The number of pyridine rings is 1. The number of nitrogens with zero attached hydrogens (tertiary/aromatic N) is 1. The zero-order chi connectivity index (χ0) is 16.1. The number of rotatable bonds is 5. The van der Waals surface area contributed by atoms with E-state index in [2.05, 4.69) is 4.98 Å². The highest BCUT2D eigenvalue weighted by Gasteiger charge is 2.27. The van der Waals surface area contributed by atoms with Gasteiger partial charge in [0.25, 0.3) is 0 Å². The van der Waals surface area contributed by atoms with Gasteiger partial charge in [0.2, 0.25) is 0 Å². The van der Waals surface area contributed by atoms with Crippen molar-refractivity contribution in [3.63, 3.8) is 0 Å². The van der Waals surface area contributed by atoms with Gasteiger partial charge in [-0.1, -0.05) is 24.3 Å². The highest BCUT2D eigenvalue weighted by molar-refractivity contribution is 5.47. The molecule has 0 radical (unpaired) electrons. The Morgan fingerprint density at radius 1 is 1.22 bits per heavy atom. The first kappa shape index (κ1) is 15.5. The first-order chi connectivity index (χ1) is 11.2. The van der Waals surface area contributed by atoms with Crippen LogP contribution in [0.15, 0.2) is 48.8 Å². The van der Waals surface area contributed by atoms with Gasteiger partial charge in [0.1, 0.15) is 0 Å². The summed E-state index contributed by atoms with van der Waals surface area (Å²) in [5.74, 6) is -0.255. The number of phenols is 2. The molecule has 2 heterocycles. The zero-order valence-electron chi connectivity index (χ0n) is 12.6. The van der Waals surface area contributed by atoms with E-state index in [1.54, 1.807) is 18.5 Å². The third-order valence-electron chi connectivity index (χ3n) is 3.72. The third kappa shape index (κ3) is 4.09. The molecule has 2 aromatic rings. The molecule has 23 heavy (non-hydrogen) atoms. The third-order valence-corrected chi connectivity index (χ3v) is 3.72. The van der Waals surface area contributed by atoms with Gasteiger partial charge in [0.05, 0.1) is 12.7 Å². The van der Waals surface area contributed by atoms with Crippen molar-refractivity contribution in [1.29, 1.82) is 0 Å². The van der Waals surface area contributed by atoms with Gasteiger partial charge in [-0.25, -0.2) is 0 Å². The molecule has 1 saturated heterocycles. The van der Waals surface area contributed by atoms with Crippen LogP contribution in [0.5, 0.6) is 11.5 Å². The van der Waals surface area contributed by atoms with Crippen LogP contribution < -0.4 is 0 Å². The molecule has 5 heteroatoms. The number of aromatic nitrogens is 1. The molecule has 5 nitrogen and oxygen atoms in total. The van der Waals surface area contributed by atoms with Crippen molar-refractivity contribution in [3.8, 4) is 11.5 Å². The molecule has 1 fully saturated rings. The molecule has 1 aromatic heterocycles. The Bertz CT molecular complexity index is 672. The molecule has 0 saturated carbocycles. The summed E-state index contributed by atoms with van der Waals surface area (Å²) < 4.78 is 11.5. The fraction of sp³-hybridized carbons (Fsp3) is 0.278. The maximum atomic E-state index is 9.56. The summed E-state index contributed by atoms with van der Waals surface area (Å²) in [5, 5.41) is 18.9. The van der Waals surface area contributed by atoms with Crippen molar-refractivity contribution in [1.82, 2.24) is 4.98 Å². The molecule has 120 valence electrons. The Balaban J connectivity index is 1.48. The minimum absolute atomic E-state index is 0.117. The lowest BCUT2D eigenvalue weighted by Crippen LogP contribution is -2.11. The van der Waals surface area contributed by atoms with E-state index < -0.39 is 0 Å². The zero-order valence-corrected chi connectivity index (χ0v) is 12.6. The van der Waals surface area contributed by atoms with Crippen LogP contribution in [0.2, 0.25) is 0 Å². The Labute approximate surface area is 134 Å². The average molecular weight is 313 g/mol. The van der Waals surface area contributed by atoms with Gasteiger partial charge in [0.15, 0.2) is 17.8 Å². The fourth-order valence-electron chi connectivity index (χ4n) is 2.54. The first-order valence-corrected chi connectivity index (χ1v) is 7.58. The van der Waals surface area contributed by atoms with Crippen molar-refractivity contribution in [2.24, 2.45) is 0 Å². The number of ether oxygens (including phenoxy) is 2. The highest BCUT2D eigenvalue weighted by Crippen LogP contribution is 2.36. The summed E-state index contributed by atoms with van der Waals surface area (Å²) in [6.45, 7) is 0.465. The van der Waals surface area contributed by atoms with Crippen molar-refractivity contribution < 1.29 is 19.7 Å². The second kappa shape index (κ2) is 7.26. The average Bonchev–Trinajstić information content (AvgIpc) is 3.04. The lowest BCUT2D eigenvalue weighted by molar-refractivity contribution is -0.126. The maximum Gasteiger partial charge on any atom is 0.158 e. The normalized spacial score (nSPS) is 21.0. The molecule has 1 aromatic carbocycles. The van der Waals surface area contributed by atoms with Crippen LogP contribution in [0.25, 0.3) is 6.08 Å². The van der Waals surface area contributed by atoms with E-state index in [4.69, 9.17) is 9.47 Å². The largest absolute Gasteiger partial charge is 0.504 e. The first-order valence-electron chi connectivity index (χ1n) is 7.58. The van der Waals surface area contributed by atoms with Crippen molar-refractivity contribution >= 4 is 6.08 Å². The van der Waals surface area contributed by atoms with Crippen molar-refractivity contribution in [3.05, 3.63) is 59.9 Å². The molecule has 2 atom stereocenters. The monoisotopic (exact) mass is 313 g/mol. The Hall–Kier alpha value is -2.37. The second-order valence-electron chi connectivity index (χ2n) is 5.40. The summed E-state index contributed by atoms with van der Waals surface area (Å²) in [6.07, 6.45) is 8.66. The molecule has 3 rings (SSSR count). The van der Waals surface area contributed by atoms with Gasteiger partial charge in [-0.3, -0.25) is 4.98 Å². The van der Waals surface area contributed by atoms with E-state index in [1.807, 2.05) is 24.3 Å². The van der Waals surface area contributed by atoms with Gasteiger partial charge in [0, 0.05) is 18.8 Å². The second-order valence-corrected chi connectivity index (χ2v) is 5.40. The predicted molar refractivity (Wildman–Crippen MR) is 85.8 cm³/mol. The summed E-state index contributed by atoms with van der Waals surface area (Å²) in [5.41, 5.74) is 1.87. The molecule has 1 aliphatic rings. The summed E-state index contributed by atoms with van der Waals surface area (Å²) in [7, 11) is 0. The molecule has 0 bridgehead atoms. The van der Waals surface area contributed by atoms with Crippen molar-refractivity contribution in [2.75, 3.05) is 6.61 Å². The van der Waals surface area contributed by atoms with Gasteiger partial charge in [-0.15, -0.1) is 0 Å². The lowest BCUT2D eigenvalue weighted by atomic mass is 10.1. The molecule has 1 aliphatic heterocycles. The summed E-state index contributed by atoms with van der Waals surface area (Å²) in [4.78, 5) is 4.04. The van der Waals surface area contributed by atoms with Crippen molar-refractivity contribution in [2.45, 2.75) is 25.2 Å². The minimum Gasteiger partial charge on any atom is -0.504 e. The van der Waals surface area contributed by atoms with Gasteiger partial charge in [-0.05, 0) is 35.7 Å².